The van der Waals surface area contributed by atoms with Gasteiger partial charge in [0, 0.05) is 28.9 Å². The number of hydrogen-bond donors (Lipinski definition) is 1. The van der Waals surface area contributed by atoms with Crippen molar-refractivity contribution >= 4 is 33.2 Å². The minimum atomic E-state index is 0.00166. The number of amides is 1. The van der Waals surface area contributed by atoms with Gasteiger partial charge in [0.1, 0.15) is 0 Å². The van der Waals surface area contributed by atoms with Crippen LogP contribution in [-0.2, 0) is 11.2 Å². The molecule has 2 rings (SSSR count). The number of nitrogens with one attached hydrogen (secondary N) is 1. The van der Waals surface area contributed by atoms with Crippen LogP contribution in [0.3, 0.4) is 0 Å². The molecule has 0 aromatic heterocycles. The lowest BCUT2D eigenvalue weighted by Crippen LogP contribution is -2.22. The first-order valence-electron chi connectivity index (χ1n) is 7.93. The van der Waals surface area contributed by atoms with Crippen LogP contribution in [0.2, 0.25) is 0 Å². The van der Waals surface area contributed by atoms with E-state index < -0.39 is 0 Å². The number of hydrogen-bond acceptors (Lipinski definition) is 2. The summed E-state index contributed by atoms with van der Waals surface area (Å²) < 4.78 is 0.988. The van der Waals surface area contributed by atoms with Gasteiger partial charge in [0.2, 0.25) is 5.91 Å². The van der Waals surface area contributed by atoms with Gasteiger partial charge in [0.25, 0.3) is 0 Å². The average Bonchev–Trinajstić information content (AvgIpc) is 2.51. The van der Waals surface area contributed by atoms with E-state index in [1.165, 1.54) is 5.69 Å². The number of anilines is 2. The first-order valence-corrected chi connectivity index (χ1v) is 8.72. The molecular weight excluding hydrogens is 352 g/mol. The molecule has 3 nitrogen and oxygen atoms in total. The average molecular weight is 375 g/mol. The van der Waals surface area contributed by atoms with Crippen LogP contribution in [0.4, 0.5) is 11.4 Å². The first kappa shape index (κ1) is 17.5. The molecule has 122 valence electrons. The second-order valence-corrected chi connectivity index (χ2v) is 6.44. The van der Waals surface area contributed by atoms with Crippen LogP contribution in [0, 0.1) is 6.92 Å². The van der Waals surface area contributed by atoms with Crippen molar-refractivity contribution in [2.45, 2.75) is 27.2 Å². The van der Waals surface area contributed by atoms with Crippen LogP contribution in [-0.4, -0.2) is 19.0 Å². The molecule has 23 heavy (non-hydrogen) atoms. The topological polar surface area (TPSA) is 32.3 Å². The molecule has 0 saturated carbocycles. The summed E-state index contributed by atoms with van der Waals surface area (Å²) in [6.45, 7) is 8.27. The Labute approximate surface area is 146 Å². The summed E-state index contributed by atoms with van der Waals surface area (Å²) in [6, 6.07) is 14.0. The molecule has 1 N–H and O–H groups in total. The maximum absolute atomic E-state index is 12.2. The Balaban J connectivity index is 2.06. The Morgan fingerprint density at radius 1 is 1.13 bits per heavy atom. The van der Waals surface area contributed by atoms with Crippen LogP contribution < -0.4 is 10.2 Å². The molecule has 1 amide bonds. The van der Waals surface area contributed by atoms with E-state index in [1.54, 1.807) is 0 Å². The van der Waals surface area contributed by atoms with E-state index in [4.69, 9.17) is 0 Å². The largest absolute Gasteiger partial charge is 0.372 e. The highest BCUT2D eigenvalue weighted by atomic mass is 79.9. The molecule has 0 saturated heterocycles. The van der Waals surface area contributed by atoms with E-state index in [2.05, 4.69) is 52.1 Å². The Bertz CT molecular complexity index is 681. The number of aryl methyl sites for hydroxylation is 1. The van der Waals surface area contributed by atoms with Crippen molar-refractivity contribution in [1.82, 2.24) is 0 Å². The third-order valence-corrected chi connectivity index (χ3v) is 4.36. The molecule has 0 unspecified atom stereocenters. The van der Waals surface area contributed by atoms with Gasteiger partial charge < -0.3 is 10.2 Å². The molecule has 0 heterocycles. The zero-order chi connectivity index (χ0) is 16.8. The third kappa shape index (κ3) is 4.83. The lowest BCUT2D eigenvalue weighted by Gasteiger charge is -2.22. The van der Waals surface area contributed by atoms with Gasteiger partial charge in [-0.05, 0) is 62.2 Å². The number of carbonyl (C=O) groups is 1. The lowest BCUT2D eigenvalue weighted by molar-refractivity contribution is -0.115. The van der Waals surface area contributed by atoms with Gasteiger partial charge in [-0.25, -0.2) is 0 Å². The molecule has 2 aromatic rings. The van der Waals surface area contributed by atoms with Gasteiger partial charge in [0.15, 0.2) is 0 Å². The molecule has 0 atom stereocenters. The number of nitrogens with zero attached hydrogens (tertiary/aromatic N) is 1. The summed E-state index contributed by atoms with van der Waals surface area (Å²) in [6.07, 6.45) is 0.372. The second-order valence-electron chi connectivity index (χ2n) is 5.53. The summed E-state index contributed by atoms with van der Waals surface area (Å²) in [5.41, 5.74) is 4.14. The Kier molecular flexibility index (Phi) is 6.22. The van der Waals surface area contributed by atoms with Crippen molar-refractivity contribution in [2.75, 3.05) is 23.3 Å². The zero-order valence-corrected chi connectivity index (χ0v) is 15.5. The molecule has 0 fully saturated rings. The van der Waals surface area contributed by atoms with E-state index in [1.807, 2.05) is 37.3 Å². The van der Waals surface area contributed by atoms with Crippen molar-refractivity contribution in [3.8, 4) is 0 Å². The Morgan fingerprint density at radius 2 is 1.87 bits per heavy atom. The van der Waals surface area contributed by atoms with Crippen molar-refractivity contribution in [1.29, 1.82) is 0 Å². The number of rotatable bonds is 6. The van der Waals surface area contributed by atoms with Crippen molar-refractivity contribution in [3.63, 3.8) is 0 Å². The van der Waals surface area contributed by atoms with Crippen molar-refractivity contribution in [2.24, 2.45) is 0 Å². The van der Waals surface area contributed by atoms with Crippen LogP contribution in [0.5, 0.6) is 0 Å². The highest BCUT2D eigenvalue weighted by Crippen LogP contribution is 2.23. The summed E-state index contributed by atoms with van der Waals surface area (Å²) in [5, 5.41) is 3.01. The zero-order valence-electron chi connectivity index (χ0n) is 13.9. The Morgan fingerprint density at radius 3 is 2.48 bits per heavy atom. The SMILES string of the molecule is CCN(CC)c1ccc(NC(=O)Cc2cccc(Br)c2)c(C)c1. The lowest BCUT2D eigenvalue weighted by atomic mass is 10.1. The van der Waals surface area contributed by atoms with Crippen LogP contribution in [0.1, 0.15) is 25.0 Å². The summed E-state index contributed by atoms with van der Waals surface area (Å²) in [7, 11) is 0. The minimum absolute atomic E-state index is 0.00166. The molecule has 2 aromatic carbocycles. The fourth-order valence-electron chi connectivity index (χ4n) is 2.60. The smallest absolute Gasteiger partial charge is 0.228 e. The molecule has 0 aliphatic heterocycles. The second kappa shape index (κ2) is 8.16. The number of carbonyl (C=O) groups excluding carboxylic acids is 1. The predicted molar refractivity (Wildman–Crippen MR) is 101 cm³/mol. The molecular formula is C19H23BrN2O. The fourth-order valence-corrected chi connectivity index (χ4v) is 3.05. The van der Waals surface area contributed by atoms with E-state index in [0.717, 1.165) is 34.4 Å². The highest BCUT2D eigenvalue weighted by molar-refractivity contribution is 9.10. The number of benzene rings is 2. The summed E-state index contributed by atoms with van der Waals surface area (Å²) in [4.78, 5) is 14.5. The molecule has 0 bridgehead atoms. The fraction of sp³-hybridized carbons (Fsp3) is 0.316. The quantitative estimate of drug-likeness (QED) is 0.788. The van der Waals surface area contributed by atoms with E-state index >= 15 is 0 Å². The highest BCUT2D eigenvalue weighted by Gasteiger charge is 2.09. The maximum atomic E-state index is 12.2. The van der Waals surface area contributed by atoms with Crippen LogP contribution >= 0.6 is 15.9 Å². The van der Waals surface area contributed by atoms with Gasteiger partial charge in [-0.2, -0.15) is 0 Å². The van der Waals surface area contributed by atoms with Crippen LogP contribution in [0.25, 0.3) is 0 Å². The van der Waals surface area contributed by atoms with Gasteiger partial charge in [-0.1, -0.05) is 28.1 Å². The summed E-state index contributed by atoms with van der Waals surface area (Å²) >= 11 is 3.43. The van der Waals surface area contributed by atoms with Gasteiger partial charge in [-0.15, -0.1) is 0 Å². The maximum Gasteiger partial charge on any atom is 0.228 e. The van der Waals surface area contributed by atoms with Gasteiger partial charge in [-0.3, -0.25) is 4.79 Å². The predicted octanol–water partition coefficient (Wildman–Crippen LogP) is 4.78. The molecule has 0 aliphatic rings. The molecule has 4 heteroatoms. The standard InChI is InChI=1S/C19H23BrN2O/c1-4-22(5-2)17-9-10-18(14(3)11-17)21-19(23)13-15-7-6-8-16(20)12-15/h6-12H,4-5,13H2,1-3H3,(H,21,23). The van der Waals surface area contributed by atoms with E-state index in [9.17, 15) is 4.79 Å². The molecule has 0 aliphatic carbocycles. The van der Waals surface area contributed by atoms with Crippen molar-refractivity contribution in [3.05, 3.63) is 58.1 Å². The minimum Gasteiger partial charge on any atom is -0.372 e. The Hall–Kier alpha value is -1.81. The van der Waals surface area contributed by atoms with Gasteiger partial charge >= 0.3 is 0 Å². The monoisotopic (exact) mass is 374 g/mol. The summed E-state index contributed by atoms with van der Waals surface area (Å²) in [5.74, 6) is 0.00166. The first-order chi connectivity index (χ1) is 11.0. The molecule has 0 spiro atoms. The van der Waals surface area contributed by atoms with Crippen molar-refractivity contribution < 1.29 is 4.79 Å². The van der Waals surface area contributed by atoms with E-state index in [-0.39, 0.29) is 5.91 Å². The normalized spacial score (nSPS) is 10.4. The van der Waals surface area contributed by atoms with E-state index in [0.29, 0.717) is 6.42 Å². The van der Waals surface area contributed by atoms with Crippen LogP contribution in [0.15, 0.2) is 46.9 Å². The third-order valence-electron chi connectivity index (χ3n) is 3.87. The number of halogens is 1. The molecule has 0 radical (unpaired) electrons. The van der Waals surface area contributed by atoms with Gasteiger partial charge in [0.05, 0.1) is 6.42 Å².